The third-order valence-electron chi connectivity index (χ3n) is 3.70. The molecule has 1 N–H and O–H groups in total. The lowest BCUT2D eigenvalue weighted by Crippen LogP contribution is -2.46. The van der Waals surface area contributed by atoms with Crippen molar-refractivity contribution in [3.05, 3.63) is 29.3 Å². The third-order valence-corrected chi connectivity index (χ3v) is 4.81. The van der Waals surface area contributed by atoms with Crippen molar-refractivity contribution in [1.29, 1.82) is 0 Å². The van der Waals surface area contributed by atoms with E-state index >= 15 is 0 Å². The number of ether oxygens (including phenoxy) is 1. The molecule has 1 unspecified atom stereocenters. The average molecular weight is 341 g/mol. The zero-order valence-corrected chi connectivity index (χ0v) is 13.8. The fourth-order valence-electron chi connectivity index (χ4n) is 2.45. The van der Waals surface area contributed by atoms with Gasteiger partial charge in [-0.2, -0.15) is 0 Å². The Balaban J connectivity index is 2.24. The second kappa shape index (κ2) is 6.67. The predicted octanol–water partition coefficient (Wildman–Crippen LogP) is 0.714. The maximum Gasteiger partial charge on any atom is 0.306 e. The lowest BCUT2D eigenvalue weighted by molar-refractivity contribution is -0.141. The lowest BCUT2D eigenvalue weighted by atomic mass is 10.1. The number of carboxylic acids is 1. The van der Waals surface area contributed by atoms with Gasteiger partial charge in [-0.3, -0.25) is 9.59 Å². The first-order chi connectivity index (χ1) is 10.7. The van der Waals surface area contributed by atoms with Crippen LogP contribution < -0.4 is 0 Å². The van der Waals surface area contributed by atoms with E-state index in [1.165, 1.54) is 17.0 Å². The summed E-state index contributed by atoms with van der Waals surface area (Å²) in [6.45, 7) is 2.51. The molecule has 0 aliphatic carbocycles. The molecule has 1 heterocycles. The number of carbonyl (C=O) groups is 2. The fraction of sp³-hybridized carbons (Fsp3) is 0.467. The monoisotopic (exact) mass is 341 g/mol. The van der Waals surface area contributed by atoms with Gasteiger partial charge in [-0.05, 0) is 24.6 Å². The first-order valence-electron chi connectivity index (χ1n) is 7.12. The summed E-state index contributed by atoms with van der Waals surface area (Å²) in [6.07, 6.45) is 0.360. The number of aryl methyl sites for hydroxylation is 1. The Morgan fingerprint density at radius 1 is 1.39 bits per heavy atom. The molecule has 126 valence electrons. The van der Waals surface area contributed by atoms with Gasteiger partial charge in [-0.1, -0.05) is 6.07 Å². The molecular weight excluding hydrogens is 322 g/mol. The van der Waals surface area contributed by atoms with Crippen LogP contribution in [0.3, 0.4) is 0 Å². The van der Waals surface area contributed by atoms with Crippen LogP contribution in [0.2, 0.25) is 0 Å². The zero-order chi connectivity index (χ0) is 17.2. The normalized spacial score (nSPS) is 18.7. The number of rotatable bonds is 4. The number of sulfone groups is 1. The summed E-state index contributed by atoms with van der Waals surface area (Å²) in [5.41, 5.74) is 0.979. The van der Waals surface area contributed by atoms with Gasteiger partial charge in [0.05, 0.1) is 24.0 Å². The van der Waals surface area contributed by atoms with Gasteiger partial charge in [0.2, 0.25) is 0 Å². The number of nitrogens with zero attached hydrogens (tertiary/aromatic N) is 1. The van der Waals surface area contributed by atoms with Crippen molar-refractivity contribution in [1.82, 2.24) is 4.90 Å². The largest absolute Gasteiger partial charge is 0.481 e. The molecule has 1 atom stereocenters. The van der Waals surface area contributed by atoms with Crippen LogP contribution in [0.25, 0.3) is 0 Å². The second-order valence-electron chi connectivity index (χ2n) is 5.59. The highest BCUT2D eigenvalue weighted by Gasteiger charge is 2.27. The summed E-state index contributed by atoms with van der Waals surface area (Å²) in [5.74, 6) is -1.30. The van der Waals surface area contributed by atoms with Gasteiger partial charge in [0.1, 0.15) is 0 Å². The van der Waals surface area contributed by atoms with E-state index in [0.29, 0.717) is 17.7 Å². The molecule has 2 rings (SSSR count). The summed E-state index contributed by atoms with van der Waals surface area (Å²) in [5, 5.41) is 8.83. The molecule has 8 heteroatoms. The van der Waals surface area contributed by atoms with Crippen molar-refractivity contribution in [2.45, 2.75) is 24.3 Å². The SMILES string of the molecule is Cc1ccc(S(C)(=O)=O)cc1C(=O)N1CCOC(CC(=O)O)C1. The number of aliphatic carboxylic acids is 1. The van der Waals surface area contributed by atoms with E-state index in [9.17, 15) is 18.0 Å². The van der Waals surface area contributed by atoms with E-state index in [2.05, 4.69) is 0 Å². The molecule has 1 fully saturated rings. The van der Waals surface area contributed by atoms with E-state index in [1.807, 2.05) is 0 Å². The van der Waals surface area contributed by atoms with Crippen molar-refractivity contribution in [3.8, 4) is 0 Å². The quantitative estimate of drug-likeness (QED) is 0.866. The standard InChI is InChI=1S/C15H19NO6S/c1-10-3-4-12(23(2,20)21)8-13(10)15(19)16-5-6-22-11(9-16)7-14(17)18/h3-4,8,11H,5-7,9H2,1-2H3,(H,17,18). The molecular formula is C15H19NO6S. The third kappa shape index (κ3) is 4.29. The highest BCUT2D eigenvalue weighted by Crippen LogP contribution is 2.19. The minimum atomic E-state index is -3.41. The molecule has 0 saturated carbocycles. The molecule has 0 radical (unpaired) electrons. The summed E-state index contributed by atoms with van der Waals surface area (Å²) in [4.78, 5) is 25.0. The van der Waals surface area contributed by atoms with Gasteiger partial charge in [0.25, 0.3) is 5.91 Å². The molecule has 1 saturated heterocycles. The van der Waals surface area contributed by atoms with Gasteiger partial charge in [-0.15, -0.1) is 0 Å². The van der Waals surface area contributed by atoms with E-state index in [1.54, 1.807) is 13.0 Å². The number of morpholine rings is 1. The number of benzene rings is 1. The predicted molar refractivity (Wildman–Crippen MR) is 82.2 cm³/mol. The molecule has 1 amide bonds. The van der Waals surface area contributed by atoms with Crippen LogP contribution in [0.15, 0.2) is 23.1 Å². The Hall–Kier alpha value is -1.93. The molecule has 1 aromatic carbocycles. The highest BCUT2D eigenvalue weighted by molar-refractivity contribution is 7.90. The summed E-state index contributed by atoms with van der Waals surface area (Å²) in [6, 6.07) is 4.43. The Bertz CT molecular complexity index is 727. The van der Waals surface area contributed by atoms with E-state index in [0.717, 1.165) is 6.26 Å². The Labute approximate surface area is 134 Å². The van der Waals surface area contributed by atoms with E-state index < -0.39 is 21.9 Å². The summed E-state index contributed by atoms with van der Waals surface area (Å²) >= 11 is 0. The number of carboxylic acid groups (broad SMARTS) is 1. The molecule has 1 aromatic rings. The number of carbonyl (C=O) groups excluding carboxylic acids is 1. The molecule has 1 aliphatic heterocycles. The Morgan fingerprint density at radius 2 is 2.09 bits per heavy atom. The topological polar surface area (TPSA) is 101 Å². The van der Waals surface area contributed by atoms with Crippen LogP contribution in [-0.2, 0) is 19.4 Å². The van der Waals surface area contributed by atoms with Gasteiger partial charge >= 0.3 is 5.97 Å². The fourth-order valence-corrected chi connectivity index (χ4v) is 3.10. The van der Waals surface area contributed by atoms with Crippen molar-refractivity contribution < 1.29 is 27.9 Å². The Kier molecular flexibility index (Phi) is 5.06. The number of hydrogen-bond acceptors (Lipinski definition) is 5. The summed E-state index contributed by atoms with van der Waals surface area (Å²) < 4.78 is 28.7. The maximum absolute atomic E-state index is 12.7. The highest BCUT2D eigenvalue weighted by atomic mass is 32.2. The van der Waals surface area contributed by atoms with Gasteiger partial charge in [0, 0.05) is 24.9 Å². The van der Waals surface area contributed by atoms with E-state index in [4.69, 9.17) is 9.84 Å². The van der Waals surface area contributed by atoms with Crippen LogP contribution in [0.5, 0.6) is 0 Å². The minimum Gasteiger partial charge on any atom is -0.481 e. The van der Waals surface area contributed by atoms with Gasteiger partial charge in [-0.25, -0.2) is 8.42 Å². The minimum absolute atomic E-state index is 0.0850. The molecule has 0 bridgehead atoms. The van der Waals surface area contributed by atoms with Crippen molar-refractivity contribution in [2.75, 3.05) is 26.0 Å². The first-order valence-corrected chi connectivity index (χ1v) is 9.01. The van der Waals surface area contributed by atoms with Gasteiger partial charge in [0.15, 0.2) is 9.84 Å². The molecule has 7 nitrogen and oxygen atoms in total. The van der Waals surface area contributed by atoms with Crippen molar-refractivity contribution in [2.24, 2.45) is 0 Å². The smallest absolute Gasteiger partial charge is 0.306 e. The van der Waals surface area contributed by atoms with Crippen LogP contribution in [0.4, 0.5) is 0 Å². The van der Waals surface area contributed by atoms with Crippen LogP contribution in [0.1, 0.15) is 22.3 Å². The van der Waals surface area contributed by atoms with E-state index in [-0.39, 0.29) is 30.4 Å². The van der Waals surface area contributed by atoms with Gasteiger partial charge < -0.3 is 14.7 Å². The molecule has 0 spiro atoms. The van der Waals surface area contributed by atoms with Crippen LogP contribution in [0, 0.1) is 6.92 Å². The summed E-state index contributed by atoms with van der Waals surface area (Å²) in [7, 11) is -3.41. The van der Waals surface area contributed by atoms with Crippen molar-refractivity contribution in [3.63, 3.8) is 0 Å². The molecule has 0 aromatic heterocycles. The van der Waals surface area contributed by atoms with Crippen LogP contribution >= 0.6 is 0 Å². The van der Waals surface area contributed by atoms with Crippen molar-refractivity contribution >= 4 is 21.7 Å². The number of hydrogen-bond donors (Lipinski definition) is 1. The lowest BCUT2D eigenvalue weighted by Gasteiger charge is -2.32. The first kappa shape index (κ1) is 17.4. The second-order valence-corrected chi connectivity index (χ2v) is 7.61. The maximum atomic E-state index is 12.7. The number of amides is 1. The Morgan fingerprint density at radius 3 is 2.70 bits per heavy atom. The van der Waals surface area contributed by atoms with Crippen LogP contribution in [-0.4, -0.2) is 62.4 Å². The molecule has 1 aliphatic rings. The average Bonchev–Trinajstić information content (AvgIpc) is 2.45. The molecule has 23 heavy (non-hydrogen) atoms. The zero-order valence-electron chi connectivity index (χ0n) is 13.0.